The van der Waals surface area contributed by atoms with Crippen molar-refractivity contribution in [3.8, 4) is 0 Å². The number of aromatic nitrogens is 5. The molecular weight excluding hydrogens is 358 g/mol. The molecule has 0 unspecified atom stereocenters. The highest BCUT2D eigenvalue weighted by molar-refractivity contribution is 5.44. The van der Waals surface area contributed by atoms with E-state index in [0.29, 0.717) is 12.5 Å². The zero-order chi connectivity index (χ0) is 19.5. The molecular formula is C19H29N7O2. The van der Waals surface area contributed by atoms with Gasteiger partial charge in [-0.1, -0.05) is 0 Å². The van der Waals surface area contributed by atoms with E-state index in [-0.39, 0.29) is 11.8 Å². The minimum absolute atomic E-state index is 0.120. The molecule has 4 heterocycles. The number of aliphatic hydroxyl groups excluding tert-OH is 1. The molecule has 2 aliphatic rings. The molecule has 2 aromatic heterocycles. The quantitative estimate of drug-likeness (QED) is 0.782. The summed E-state index contributed by atoms with van der Waals surface area (Å²) >= 11 is 0. The van der Waals surface area contributed by atoms with Crippen LogP contribution < -0.4 is 15.5 Å². The first kappa shape index (κ1) is 18.9. The van der Waals surface area contributed by atoms with Crippen molar-refractivity contribution >= 4 is 11.8 Å². The SMILES string of the molecule is CCn1c(CC2CCN(c3nccc(N4CCC(O)CC4)n3)CC2)n[nH]c1=O. The van der Waals surface area contributed by atoms with E-state index in [4.69, 9.17) is 4.98 Å². The van der Waals surface area contributed by atoms with E-state index in [2.05, 4.69) is 25.0 Å². The molecule has 0 radical (unpaired) electrons. The molecule has 2 saturated heterocycles. The first-order valence-electron chi connectivity index (χ1n) is 10.3. The second kappa shape index (κ2) is 8.30. The summed E-state index contributed by atoms with van der Waals surface area (Å²) in [4.78, 5) is 25.5. The third-order valence-electron chi connectivity index (χ3n) is 5.94. The molecule has 0 atom stereocenters. The van der Waals surface area contributed by atoms with Crippen LogP contribution in [-0.4, -0.2) is 62.1 Å². The van der Waals surface area contributed by atoms with Crippen molar-refractivity contribution in [2.24, 2.45) is 5.92 Å². The van der Waals surface area contributed by atoms with Gasteiger partial charge in [-0.05, 0) is 44.6 Å². The number of aromatic amines is 1. The Balaban J connectivity index is 1.36. The number of nitrogens with one attached hydrogen (secondary N) is 1. The minimum Gasteiger partial charge on any atom is -0.393 e. The van der Waals surface area contributed by atoms with Gasteiger partial charge >= 0.3 is 5.69 Å². The number of piperidine rings is 2. The number of anilines is 2. The molecule has 0 bridgehead atoms. The van der Waals surface area contributed by atoms with Crippen LogP contribution in [0.1, 0.15) is 38.4 Å². The zero-order valence-corrected chi connectivity index (χ0v) is 16.4. The maximum absolute atomic E-state index is 11.7. The van der Waals surface area contributed by atoms with Gasteiger partial charge < -0.3 is 14.9 Å². The summed E-state index contributed by atoms with van der Waals surface area (Å²) in [5, 5.41) is 16.5. The van der Waals surface area contributed by atoms with Crippen LogP contribution in [0.25, 0.3) is 0 Å². The lowest BCUT2D eigenvalue weighted by atomic mass is 9.93. The summed E-state index contributed by atoms with van der Waals surface area (Å²) in [5.74, 6) is 3.11. The van der Waals surface area contributed by atoms with Gasteiger partial charge in [-0.2, -0.15) is 10.1 Å². The van der Waals surface area contributed by atoms with Crippen molar-refractivity contribution in [3.63, 3.8) is 0 Å². The van der Waals surface area contributed by atoms with Crippen molar-refractivity contribution in [1.29, 1.82) is 0 Å². The van der Waals surface area contributed by atoms with Crippen molar-refractivity contribution in [1.82, 2.24) is 24.7 Å². The van der Waals surface area contributed by atoms with Crippen LogP contribution in [0.4, 0.5) is 11.8 Å². The zero-order valence-electron chi connectivity index (χ0n) is 16.4. The van der Waals surface area contributed by atoms with Gasteiger partial charge in [-0.25, -0.2) is 14.9 Å². The van der Waals surface area contributed by atoms with Gasteiger partial charge in [0.05, 0.1) is 6.10 Å². The molecule has 152 valence electrons. The van der Waals surface area contributed by atoms with Gasteiger partial charge in [-0.15, -0.1) is 0 Å². The average molecular weight is 387 g/mol. The molecule has 2 N–H and O–H groups in total. The molecule has 4 rings (SSSR count). The molecule has 0 saturated carbocycles. The van der Waals surface area contributed by atoms with E-state index < -0.39 is 0 Å². The van der Waals surface area contributed by atoms with E-state index in [1.165, 1.54) is 0 Å². The van der Waals surface area contributed by atoms with Crippen molar-refractivity contribution in [2.45, 2.75) is 51.7 Å². The third-order valence-corrected chi connectivity index (χ3v) is 5.94. The molecule has 9 heteroatoms. The minimum atomic E-state index is -0.185. The first-order valence-corrected chi connectivity index (χ1v) is 10.3. The van der Waals surface area contributed by atoms with E-state index >= 15 is 0 Å². The van der Waals surface area contributed by atoms with Crippen molar-refractivity contribution in [3.05, 3.63) is 28.6 Å². The summed E-state index contributed by atoms with van der Waals surface area (Å²) in [7, 11) is 0. The Labute approximate surface area is 164 Å². The number of aliphatic hydroxyl groups is 1. The van der Waals surface area contributed by atoms with Crippen LogP contribution in [-0.2, 0) is 13.0 Å². The lowest BCUT2D eigenvalue weighted by Gasteiger charge is -2.33. The fourth-order valence-corrected chi connectivity index (χ4v) is 4.19. The third kappa shape index (κ3) is 4.04. The molecule has 0 aliphatic carbocycles. The number of rotatable bonds is 5. The average Bonchev–Trinajstić information content (AvgIpc) is 3.08. The van der Waals surface area contributed by atoms with Crippen LogP contribution in [0.3, 0.4) is 0 Å². The van der Waals surface area contributed by atoms with Crippen LogP contribution in [0, 0.1) is 5.92 Å². The standard InChI is InChI=1S/C19H29N7O2/c1-2-26-17(22-23-19(26)28)13-14-4-9-25(10-5-14)18-20-8-3-16(21-18)24-11-6-15(27)7-12-24/h3,8,14-15,27H,2,4-7,9-13H2,1H3,(H,23,28). The molecule has 2 aromatic rings. The lowest BCUT2D eigenvalue weighted by molar-refractivity contribution is 0.145. The second-order valence-electron chi connectivity index (χ2n) is 7.76. The Hall–Kier alpha value is -2.42. The van der Waals surface area contributed by atoms with Gasteiger partial charge in [0, 0.05) is 45.3 Å². The van der Waals surface area contributed by atoms with Gasteiger partial charge in [0.2, 0.25) is 5.95 Å². The molecule has 0 aromatic carbocycles. The van der Waals surface area contributed by atoms with Gasteiger partial charge in [0.1, 0.15) is 11.6 Å². The van der Waals surface area contributed by atoms with E-state index in [1.54, 1.807) is 4.57 Å². The van der Waals surface area contributed by atoms with Gasteiger partial charge in [-0.3, -0.25) is 4.57 Å². The Morgan fingerprint density at radius 3 is 2.57 bits per heavy atom. The monoisotopic (exact) mass is 387 g/mol. The fraction of sp³-hybridized carbons (Fsp3) is 0.684. The maximum Gasteiger partial charge on any atom is 0.343 e. The normalized spacial score (nSPS) is 19.4. The Kier molecular flexibility index (Phi) is 5.61. The summed E-state index contributed by atoms with van der Waals surface area (Å²) in [6.45, 7) is 6.11. The highest BCUT2D eigenvalue weighted by Gasteiger charge is 2.24. The Bertz CT molecular complexity index is 833. The van der Waals surface area contributed by atoms with Crippen LogP contribution >= 0.6 is 0 Å². The van der Waals surface area contributed by atoms with Crippen molar-refractivity contribution in [2.75, 3.05) is 36.0 Å². The highest BCUT2D eigenvalue weighted by Crippen LogP contribution is 2.25. The van der Waals surface area contributed by atoms with Crippen LogP contribution in [0.5, 0.6) is 0 Å². The largest absolute Gasteiger partial charge is 0.393 e. The number of hydrogen-bond acceptors (Lipinski definition) is 7. The molecule has 28 heavy (non-hydrogen) atoms. The van der Waals surface area contributed by atoms with Gasteiger partial charge in [0.25, 0.3) is 0 Å². The summed E-state index contributed by atoms with van der Waals surface area (Å²) in [6, 6.07) is 1.95. The topological polar surface area (TPSA) is 103 Å². The molecule has 2 fully saturated rings. The predicted octanol–water partition coefficient (Wildman–Crippen LogP) is 0.802. The fourth-order valence-electron chi connectivity index (χ4n) is 4.19. The van der Waals surface area contributed by atoms with Crippen LogP contribution in [0.2, 0.25) is 0 Å². The second-order valence-corrected chi connectivity index (χ2v) is 7.76. The van der Waals surface area contributed by atoms with Crippen LogP contribution in [0.15, 0.2) is 17.1 Å². The predicted molar refractivity (Wildman–Crippen MR) is 107 cm³/mol. The maximum atomic E-state index is 11.7. The molecule has 0 amide bonds. The Morgan fingerprint density at radius 1 is 1.14 bits per heavy atom. The summed E-state index contributed by atoms with van der Waals surface area (Å²) in [5.41, 5.74) is -0.120. The number of nitrogens with zero attached hydrogens (tertiary/aromatic N) is 6. The number of hydrogen-bond donors (Lipinski definition) is 2. The highest BCUT2D eigenvalue weighted by atomic mass is 16.3. The van der Waals surface area contributed by atoms with E-state index in [1.807, 2.05) is 19.2 Å². The summed E-state index contributed by atoms with van der Waals surface area (Å²) < 4.78 is 1.72. The molecule has 0 spiro atoms. The molecule has 9 nitrogen and oxygen atoms in total. The summed E-state index contributed by atoms with van der Waals surface area (Å²) in [6.07, 6.45) is 6.13. The van der Waals surface area contributed by atoms with Gasteiger partial charge in [0.15, 0.2) is 0 Å². The van der Waals surface area contributed by atoms with E-state index in [0.717, 1.165) is 75.9 Å². The lowest BCUT2D eigenvalue weighted by Crippen LogP contribution is -2.38. The van der Waals surface area contributed by atoms with Crippen molar-refractivity contribution < 1.29 is 5.11 Å². The smallest absolute Gasteiger partial charge is 0.343 e. The number of H-pyrrole nitrogens is 1. The Morgan fingerprint density at radius 2 is 1.86 bits per heavy atom. The molecule has 2 aliphatic heterocycles. The first-order chi connectivity index (χ1) is 13.6. The van der Waals surface area contributed by atoms with E-state index in [9.17, 15) is 9.90 Å².